The van der Waals surface area contributed by atoms with E-state index in [0.717, 1.165) is 43.7 Å². The lowest BCUT2D eigenvalue weighted by Crippen LogP contribution is -2.38. The van der Waals surface area contributed by atoms with Gasteiger partial charge in [0.25, 0.3) is 5.91 Å². The second-order valence-electron chi connectivity index (χ2n) is 7.46. The molecular formula is C21H24N6O2. The summed E-state index contributed by atoms with van der Waals surface area (Å²) < 4.78 is 1.61. The molecule has 150 valence electrons. The molecule has 8 nitrogen and oxygen atoms in total. The number of amides is 2. The number of primary amides is 1. The van der Waals surface area contributed by atoms with Gasteiger partial charge in [0.15, 0.2) is 5.65 Å². The number of benzene rings is 1. The maximum atomic E-state index is 12.9. The predicted molar refractivity (Wildman–Crippen MR) is 109 cm³/mol. The highest BCUT2D eigenvalue weighted by atomic mass is 16.2. The first kappa shape index (κ1) is 19.1. The molecule has 0 radical (unpaired) electrons. The van der Waals surface area contributed by atoms with E-state index in [9.17, 15) is 9.59 Å². The number of carbonyl (C=O) groups is 2. The number of hydrogen-bond acceptors (Lipinski definition) is 5. The van der Waals surface area contributed by atoms with Crippen molar-refractivity contribution in [3.63, 3.8) is 0 Å². The van der Waals surface area contributed by atoms with Gasteiger partial charge in [0.05, 0.1) is 5.69 Å². The molecule has 2 aromatic heterocycles. The number of aryl methyl sites for hydroxylation is 1. The molecule has 2 amide bonds. The molecule has 1 saturated heterocycles. The topological polar surface area (TPSA) is 106 Å². The summed E-state index contributed by atoms with van der Waals surface area (Å²) in [5, 5.41) is 7.31. The fraction of sp³-hybridized carbons (Fsp3) is 0.333. The van der Waals surface area contributed by atoms with Crippen LogP contribution in [0.3, 0.4) is 0 Å². The number of rotatable bonds is 5. The third-order valence-electron chi connectivity index (χ3n) is 5.38. The number of carbonyl (C=O) groups excluding carboxylic acids is 2. The minimum atomic E-state index is -0.226. The van der Waals surface area contributed by atoms with Gasteiger partial charge in [-0.2, -0.15) is 5.10 Å². The summed E-state index contributed by atoms with van der Waals surface area (Å²) in [7, 11) is 0. The van der Waals surface area contributed by atoms with Crippen LogP contribution in [0.25, 0.3) is 5.65 Å². The maximum Gasteiger partial charge on any atom is 0.261 e. The summed E-state index contributed by atoms with van der Waals surface area (Å²) in [5.74, 6) is -0.443. The van der Waals surface area contributed by atoms with Crippen molar-refractivity contribution in [2.24, 2.45) is 11.7 Å². The van der Waals surface area contributed by atoms with Crippen LogP contribution in [0.1, 0.15) is 34.5 Å². The third kappa shape index (κ3) is 4.12. The molecule has 8 heteroatoms. The van der Waals surface area contributed by atoms with Gasteiger partial charge in [-0.3, -0.25) is 14.5 Å². The fourth-order valence-corrected chi connectivity index (χ4v) is 3.84. The van der Waals surface area contributed by atoms with Gasteiger partial charge in [0.1, 0.15) is 5.56 Å². The van der Waals surface area contributed by atoms with E-state index in [1.54, 1.807) is 29.9 Å². The minimum Gasteiger partial charge on any atom is -0.369 e. The van der Waals surface area contributed by atoms with E-state index in [0.29, 0.717) is 16.9 Å². The zero-order chi connectivity index (χ0) is 20.4. The van der Waals surface area contributed by atoms with Crippen LogP contribution in [0.2, 0.25) is 0 Å². The Balaban J connectivity index is 1.44. The molecular weight excluding hydrogens is 368 g/mol. The molecule has 3 aromatic rings. The number of piperidine rings is 1. The molecule has 1 aliphatic rings. The molecule has 0 atom stereocenters. The Morgan fingerprint density at radius 2 is 2.03 bits per heavy atom. The summed E-state index contributed by atoms with van der Waals surface area (Å²) in [6.45, 7) is 4.26. The van der Waals surface area contributed by atoms with Gasteiger partial charge in [-0.15, -0.1) is 0 Å². The van der Waals surface area contributed by atoms with E-state index >= 15 is 0 Å². The Morgan fingerprint density at radius 1 is 1.24 bits per heavy atom. The molecule has 0 aliphatic carbocycles. The summed E-state index contributed by atoms with van der Waals surface area (Å²) in [6.07, 6.45) is 5.02. The Kier molecular flexibility index (Phi) is 5.26. The van der Waals surface area contributed by atoms with Crippen LogP contribution in [0.15, 0.2) is 42.7 Å². The van der Waals surface area contributed by atoms with E-state index in [2.05, 4.69) is 20.3 Å². The number of likely N-dealkylation sites (tertiary alicyclic amines) is 1. The second kappa shape index (κ2) is 8.00. The van der Waals surface area contributed by atoms with Gasteiger partial charge < -0.3 is 11.1 Å². The lowest BCUT2D eigenvalue weighted by Gasteiger charge is -2.30. The first-order valence-electron chi connectivity index (χ1n) is 9.73. The number of anilines is 1. The largest absolute Gasteiger partial charge is 0.369 e. The van der Waals surface area contributed by atoms with Crippen LogP contribution in [0.5, 0.6) is 0 Å². The van der Waals surface area contributed by atoms with Gasteiger partial charge in [0.2, 0.25) is 5.91 Å². The monoisotopic (exact) mass is 392 g/mol. The van der Waals surface area contributed by atoms with E-state index in [-0.39, 0.29) is 17.7 Å². The average molecular weight is 392 g/mol. The van der Waals surface area contributed by atoms with Gasteiger partial charge >= 0.3 is 0 Å². The van der Waals surface area contributed by atoms with Crippen molar-refractivity contribution in [3.8, 4) is 0 Å². The first-order chi connectivity index (χ1) is 14.0. The summed E-state index contributed by atoms with van der Waals surface area (Å²) in [4.78, 5) is 30.8. The first-order valence-corrected chi connectivity index (χ1v) is 9.73. The standard InChI is InChI=1S/C21H24N6O2/c1-14-18(20-23-8-3-9-27(20)25-14)21(29)24-17-5-2-4-15(12-17)13-26-10-6-16(7-11-26)19(22)28/h2-5,8-9,12,16H,6-7,10-11,13H2,1H3,(H2,22,28)(H,24,29). The molecule has 3 N–H and O–H groups in total. The van der Waals surface area contributed by atoms with Crippen LogP contribution in [0.4, 0.5) is 5.69 Å². The number of aromatic nitrogens is 3. The lowest BCUT2D eigenvalue weighted by atomic mass is 9.96. The highest BCUT2D eigenvalue weighted by molar-refractivity contribution is 6.09. The number of fused-ring (bicyclic) bond motifs is 1. The van der Waals surface area contributed by atoms with E-state index in [4.69, 9.17) is 5.73 Å². The molecule has 1 aromatic carbocycles. The van der Waals surface area contributed by atoms with Crippen LogP contribution in [-0.2, 0) is 11.3 Å². The Bertz CT molecular complexity index is 1050. The third-order valence-corrected chi connectivity index (χ3v) is 5.38. The molecule has 1 fully saturated rings. The molecule has 0 spiro atoms. The van der Waals surface area contributed by atoms with E-state index in [1.807, 2.05) is 24.3 Å². The Labute approximate surface area is 168 Å². The maximum absolute atomic E-state index is 12.9. The van der Waals surface area contributed by atoms with Crippen molar-refractivity contribution in [2.45, 2.75) is 26.3 Å². The summed E-state index contributed by atoms with van der Waals surface area (Å²) in [6, 6.07) is 9.60. The average Bonchev–Trinajstić information content (AvgIpc) is 3.04. The van der Waals surface area contributed by atoms with Crippen molar-refractivity contribution in [2.75, 3.05) is 18.4 Å². The number of nitrogens with one attached hydrogen (secondary N) is 1. The molecule has 4 rings (SSSR count). The van der Waals surface area contributed by atoms with Crippen LogP contribution >= 0.6 is 0 Å². The highest BCUT2D eigenvalue weighted by Crippen LogP contribution is 2.21. The zero-order valence-electron chi connectivity index (χ0n) is 16.3. The second-order valence-corrected chi connectivity index (χ2v) is 7.46. The predicted octanol–water partition coefficient (Wildman–Crippen LogP) is 1.99. The smallest absolute Gasteiger partial charge is 0.261 e. The number of hydrogen-bond donors (Lipinski definition) is 2. The molecule has 29 heavy (non-hydrogen) atoms. The Hall–Kier alpha value is -3.26. The van der Waals surface area contributed by atoms with Crippen molar-refractivity contribution >= 4 is 23.1 Å². The lowest BCUT2D eigenvalue weighted by molar-refractivity contribution is -0.123. The van der Waals surface area contributed by atoms with Crippen molar-refractivity contribution < 1.29 is 9.59 Å². The van der Waals surface area contributed by atoms with Crippen molar-refractivity contribution in [1.29, 1.82) is 0 Å². The zero-order valence-corrected chi connectivity index (χ0v) is 16.3. The fourth-order valence-electron chi connectivity index (χ4n) is 3.84. The molecule has 0 saturated carbocycles. The van der Waals surface area contributed by atoms with Gasteiger partial charge in [0, 0.05) is 30.5 Å². The molecule has 0 bridgehead atoms. The summed E-state index contributed by atoms with van der Waals surface area (Å²) >= 11 is 0. The van der Waals surface area contributed by atoms with Crippen molar-refractivity contribution in [1.82, 2.24) is 19.5 Å². The van der Waals surface area contributed by atoms with Crippen LogP contribution < -0.4 is 11.1 Å². The van der Waals surface area contributed by atoms with E-state index in [1.165, 1.54) is 0 Å². The van der Waals surface area contributed by atoms with Gasteiger partial charge in [-0.25, -0.2) is 9.50 Å². The number of nitrogens with two attached hydrogens (primary N) is 1. The Morgan fingerprint density at radius 3 is 2.79 bits per heavy atom. The summed E-state index contributed by atoms with van der Waals surface area (Å²) in [5.41, 5.74) is 8.89. The highest BCUT2D eigenvalue weighted by Gasteiger charge is 2.23. The number of nitrogens with zero attached hydrogens (tertiary/aromatic N) is 4. The van der Waals surface area contributed by atoms with Crippen LogP contribution in [0, 0.1) is 12.8 Å². The molecule has 0 unspecified atom stereocenters. The SMILES string of the molecule is Cc1nn2cccnc2c1C(=O)Nc1cccc(CN2CCC(C(N)=O)CC2)c1. The molecule has 3 heterocycles. The normalized spacial score (nSPS) is 15.5. The van der Waals surface area contributed by atoms with Crippen molar-refractivity contribution in [3.05, 3.63) is 59.5 Å². The van der Waals surface area contributed by atoms with E-state index < -0.39 is 0 Å². The quantitative estimate of drug-likeness (QED) is 0.691. The van der Waals surface area contributed by atoms with Gasteiger partial charge in [-0.1, -0.05) is 12.1 Å². The van der Waals surface area contributed by atoms with Gasteiger partial charge in [-0.05, 0) is 56.6 Å². The molecule has 1 aliphatic heterocycles. The van der Waals surface area contributed by atoms with Crippen LogP contribution in [-0.4, -0.2) is 44.4 Å². The minimum absolute atomic E-state index is 0.0143.